The predicted molar refractivity (Wildman–Crippen MR) is 106 cm³/mol. The van der Waals surface area contributed by atoms with Crippen LogP contribution < -0.4 is 10.6 Å². The van der Waals surface area contributed by atoms with Crippen LogP contribution in [0.2, 0.25) is 0 Å². The SMILES string of the molecule is CCNC(=NCc1cn2c(C)cccc2n1)NC1CCCC1.I. The normalized spacial score (nSPS) is 15.7. The Balaban J connectivity index is 0.00000192. The minimum atomic E-state index is 0. The van der Waals surface area contributed by atoms with E-state index in [4.69, 9.17) is 4.99 Å². The Labute approximate surface area is 155 Å². The van der Waals surface area contributed by atoms with Gasteiger partial charge in [-0.05, 0) is 38.8 Å². The fourth-order valence-electron chi connectivity index (χ4n) is 3.02. The van der Waals surface area contributed by atoms with Crippen molar-refractivity contribution in [1.82, 2.24) is 20.0 Å². The van der Waals surface area contributed by atoms with E-state index in [9.17, 15) is 0 Å². The highest BCUT2D eigenvalue weighted by Gasteiger charge is 2.15. The Bertz CT molecular complexity index is 658. The second-order valence-electron chi connectivity index (χ2n) is 5.95. The molecular weight excluding hydrogens is 401 g/mol. The van der Waals surface area contributed by atoms with E-state index in [2.05, 4.69) is 46.1 Å². The van der Waals surface area contributed by atoms with Crippen molar-refractivity contribution < 1.29 is 0 Å². The summed E-state index contributed by atoms with van der Waals surface area (Å²) in [6, 6.07) is 6.73. The van der Waals surface area contributed by atoms with Crippen molar-refractivity contribution in [3.05, 3.63) is 35.8 Å². The van der Waals surface area contributed by atoms with Gasteiger partial charge in [-0.2, -0.15) is 0 Å². The molecule has 5 nitrogen and oxygen atoms in total. The number of halogens is 1. The van der Waals surface area contributed by atoms with Crippen LogP contribution in [-0.2, 0) is 6.54 Å². The number of nitrogens with one attached hydrogen (secondary N) is 2. The van der Waals surface area contributed by atoms with E-state index in [1.54, 1.807) is 0 Å². The zero-order chi connectivity index (χ0) is 15.4. The fraction of sp³-hybridized carbons (Fsp3) is 0.529. The van der Waals surface area contributed by atoms with Crippen LogP contribution in [0.4, 0.5) is 0 Å². The lowest BCUT2D eigenvalue weighted by atomic mass is 10.2. The Hall–Kier alpha value is -1.31. The Morgan fingerprint density at radius 3 is 2.83 bits per heavy atom. The van der Waals surface area contributed by atoms with Crippen LogP contribution in [0, 0.1) is 6.92 Å². The molecule has 126 valence electrons. The molecule has 0 amide bonds. The van der Waals surface area contributed by atoms with Gasteiger partial charge in [0.25, 0.3) is 0 Å². The van der Waals surface area contributed by atoms with Gasteiger partial charge in [-0.25, -0.2) is 9.98 Å². The molecule has 0 aliphatic heterocycles. The number of hydrogen-bond acceptors (Lipinski definition) is 2. The van der Waals surface area contributed by atoms with E-state index in [1.165, 1.54) is 31.4 Å². The number of guanidine groups is 1. The summed E-state index contributed by atoms with van der Waals surface area (Å²) < 4.78 is 2.11. The molecule has 0 unspecified atom stereocenters. The molecule has 0 aromatic carbocycles. The van der Waals surface area contributed by atoms with Crippen molar-refractivity contribution in [1.29, 1.82) is 0 Å². The maximum Gasteiger partial charge on any atom is 0.191 e. The molecule has 1 aliphatic rings. The zero-order valence-electron chi connectivity index (χ0n) is 13.9. The van der Waals surface area contributed by atoms with Crippen LogP contribution in [0.15, 0.2) is 29.4 Å². The standard InChI is InChI=1S/C17H25N5.HI/c1-3-18-17(21-14-8-4-5-9-14)19-11-15-12-22-13(2)7-6-10-16(22)20-15;/h6-7,10,12,14H,3-5,8-9,11H2,1-2H3,(H2,18,19,21);1H. The topological polar surface area (TPSA) is 53.7 Å². The molecule has 2 heterocycles. The van der Waals surface area contributed by atoms with Crippen molar-refractivity contribution in [2.45, 2.75) is 52.1 Å². The quantitative estimate of drug-likeness (QED) is 0.448. The van der Waals surface area contributed by atoms with Gasteiger partial charge in [-0.3, -0.25) is 0 Å². The van der Waals surface area contributed by atoms with Crippen molar-refractivity contribution in [3.63, 3.8) is 0 Å². The number of fused-ring (bicyclic) bond motifs is 1. The average Bonchev–Trinajstić information content (AvgIpc) is 3.14. The Morgan fingerprint density at radius 1 is 1.35 bits per heavy atom. The van der Waals surface area contributed by atoms with Gasteiger partial charge in [0.1, 0.15) is 5.65 Å². The number of pyridine rings is 1. The maximum absolute atomic E-state index is 4.69. The third kappa shape index (κ3) is 4.59. The summed E-state index contributed by atoms with van der Waals surface area (Å²) >= 11 is 0. The Kier molecular flexibility index (Phi) is 6.68. The third-order valence-corrected chi connectivity index (χ3v) is 4.19. The summed E-state index contributed by atoms with van der Waals surface area (Å²) in [5, 5.41) is 6.87. The summed E-state index contributed by atoms with van der Waals surface area (Å²) in [6.07, 6.45) is 7.22. The van der Waals surface area contributed by atoms with Crippen molar-refractivity contribution in [2.75, 3.05) is 6.54 Å². The Morgan fingerprint density at radius 2 is 2.13 bits per heavy atom. The molecule has 1 fully saturated rings. The van der Waals surface area contributed by atoms with Crippen LogP contribution >= 0.6 is 24.0 Å². The molecule has 23 heavy (non-hydrogen) atoms. The van der Waals surface area contributed by atoms with Gasteiger partial charge >= 0.3 is 0 Å². The summed E-state index contributed by atoms with van der Waals surface area (Å²) in [5.41, 5.74) is 3.17. The lowest BCUT2D eigenvalue weighted by molar-refractivity contribution is 0.613. The van der Waals surface area contributed by atoms with Crippen molar-refractivity contribution >= 4 is 35.6 Å². The summed E-state index contributed by atoms with van der Waals surface area (Å²) in [4.78, 5) is 9.33. The van der Waals surface area contributed by atoms with Gasteiger partial charge in [-0.15, -0.1) is 24.0 Å². The molecule has 0 radical (unpaired) electrons. The van der Waals surface area contributed by atoms with Crippen molar-refractivity contribution in [2.24, 2.45) is 4.99 Å². The number of aliphatic imine (C=N–C) groups is 1. The van der Waals surface area contributed by atoms with Crippen LogP contribution in [-0.4, -0.2) is 27.9 Å². The molecule has 3 rings (SSSR count). The highest BCUT2D eigenvalue weighted by atomic mass is 127. The first kappa shape index (κ1) is 18.0. The predicted octanol–water partition coefficient (Wildman–Crippen LogP) is 3.26. The number of aryl methyl sites for hydroxylation is 1. The molecule has 0 saturated heterocycles. The van der Waals surface area contributed by atoms with E-state index in [0.29, 0.717) is 12.6 Å². The monoisotopic (exact) mass is 427 g/mol. The number of nitrogens with zero attached hydrogens (tertiary/aromatic N) is 3. The molecule has 1 aliphatic carbocycles. The largest absolute Gasteiger partial charge is 0.357 e. The van der Waals surface area contributed by atoms with Gasteiger partial charge in [0, 0.05) is 24.5 Å². The highest BCUT2D eigenvalue weighted by Crippen LogP contribution is 2.17. The van der Waals surface area contributed by atoms with E-state index in [0.717, 1.165) is 23.8 Å². The van der Waals surface area contributed by atoms with Crippen LogP contribution in [0.5, 0.6) is 0 Å². The average molecular weight is 427 g/mol. The summed E-state index contributed by atoms with van der Waals surface area (Å²) in [7, 11) is 0. The fourth-order valence-corrected chi connectivity index (χ4v) is 3.02. The molecule has 0 spiro atoms. The molecule has 2 N–H and O–H groups in total. The van der Waals surface area contributed by atoms with Gasteiger partial charge in [0.05, 0.1) is 12.2 Å². The van der Waals surface area contributed by atoms with Crippen LogP contribution in [0.3, 0.4) is 0 Å². The van der Waals surface area contributed by atoms with E-state index >= 15 is 0 Å². The number of imidazole rings is 1. The lowest BCUT2D eigenvalue weighted by Crippen LogP contribution is -2.42. The van der Waals surface area contributed by atoms with Gasteiger partial charge in [-0.1, -0.05) is 18.9 Å². The first-order valence-corrected chi connectivity index (χ1v) is 8.24. The van der Waals surface area contributed by atoms with Gasteiger partial charge in [0.15, 0.2) is 5.96 Å². The second-order valence-corrected chi connectivity index (χ2v) is 5.95. The van der Waals surface area contributed by atoms with Crippen LogP contribution in [0.25, 0.3) is 5.65 Å². The third-order valence-electron chi connectivity index (χ3n) is 4.19. The smallest absolute Gasteiger partial charge is 0.191 e. The molecule has 1 saturated carbocycles. The minimum Gasteiger partial charge on any atom is -0.357 e. The molecule has 2 aromatic rings. The number of aromatic nitrogens is 2. The van der Waals surface area contributed by atoms with E-state index in [1.807, 2.05) is 12.1 Å². The summed E-state index contributed by atoms with van der Waals surface area (Å²) in [6.45, 7) is 5.67. The lowest BCUT2D eigenvalue weighted by Gasteiger charge is -2.16. The number of hydrogen-bond donors (Lipinski definition) is 2. The van der Waals surface area contributed by atoms with E-state index < -0.39 is 0 Å². The van der Waals surface area contributed by atoms with Crippen molar-refractivity contribution in [3.8, 4) is 0 Å². The highest BCUT2D eigenvalue weighted by molar-refractivity contribution is 14.0. The first-order valence-electron chi connectivity index (χ1n) is 8.24. The minimum absolute atomic E-state index is 0. The van der Waals surface area contributed by atoms with E-state index in [-0.39, 0.29) is 24.0 Å². The zero-order valence-corrected chi connectivity index (χ0v) is 16.2. The first-order chi connectivity index (χ1) is 10.8. The molecule has 0 bridgehead atoms. The second kappa shape index (κ2) is 8.52. The molecule has 0 atom stereocenters. The maximum atomic E-state index is 4.69. The molecule has 2 aromatic heterocycles. The van der Waals surface area contributed by atoms with Crippen LogP contribution in [0.1, 0.15) is 44.0 Å². The summed E-state index contributed by atoms with van der Waals surface area (Å²) in [5.74, 6) is 0.906. The number of rotatable bonds is 4. The molecular formula is C17H26IN5. The van der Waals surface area contributed by atoms with Gasteiger partial charge in [0.2, 0.25) is 0 Å². The molecule has 6 heteroatoms. The van der Waals surface area contributed by atoms with Gasteiger partial charge < -0.3 is 15.0 Å².